The SMILES string of the molecule is O=C(O)N[C@H]1CCCN(c2ccncc2NC(=O)c2csc(Br)n2)C1. The number of halogens is 1. The number of thiazole rings is 1. The molecular weight excluding hydrogens is 410 g/mol. The minimum absolute atomic E-state index is 0.141. The van der Waals surface area contributed by atoms with Gasteiger partial charge in [-0.05, 0) is 34.8 Å². The van der Waals surface area contributed by atoms with E-state index in [1.807, 2.05) is 6.07 Å². The second kappa shape index (κ2) is 7.79. The van der Waals surface area contributed by atoms with E-state index in [0.29, 0.717) is 21.8 Å². The molecule has 0 bridgehead atoms. The zero-order valence-corrected chi connectivity index (χ0v) is 15.5. The van der Waals surface area contributed by atoms with Crippen molar-refractivity contribution < 1.29 is 14.7 Å². The fraction of sp³-hybridized carbons (Fsp3) is 0.333. The van der Waals surface area contributed by atoms with Crippen LogP contribution in [-0.4, -0.2) is 46.2 Å². The van der Waals surface area contributed by atoms with Gasteiger partial charge in [0.2, 0.25) is 0 Å². The number of carbonyl (C=O) groups excluding carboxylic acids is 1. The van der Waals surface area contributed by atoms with Crippen molar-refractivity contribution in [3.8, 4) is 0 Å². The van der Waals surface area contributed by atoms with E-state index in [9.17, 15) is 9.59 Å². The Labute approximate surface area is 156 Å². The number of pyridine rings is 1. The number of hydrogen-bond donors (Lipinski definition) is 3. The summed E-state index contributed by atoms with van der Waals surface area (Å²) < 4.78 is 0.641. The quantitative estimate of drug-likeness (QED) is 0.694. The smallest absolute Gasteiger partial charge is 0.404 e. The summed E-state index contributed by atoms with van der Waals surface area (Å²) in [5.41, 5.74) is 1.72. The molecule has 2 aromatic rings. The van der Waals surface area contributed by atoms with Gasteiger partial charge in [-0.25, -0.2) is 9.78 Å². The molecule has 1 fully saturated rings. The predicted molar refractivity (Wildman–Crippen MR) is 98.4 cm³/mol. The Hall–Kier alpha value is -2.20. The van der Waals surface area contributed by atoms with Gasteiger partial charge in [0.25, 0.3) is 5.91 Å². The second-order valence-electron chi connectivity index (χ2n) is 5.57. The van der Waals surface area contributed by atoms with Crippen LogP contribution in [0.5, 0.6) is 0 Å². The number of carbonyl (C=O) groups is 2. The van der Waals surface area contributed by atoms with E-state index in [0.717, 1.165) is 25.1 Å². The van der Waals surface area contributed by atoms with Gasteiger partial charge in [0.15, 0.2) is 3.92 Å². The third-order valence-corrected chi connectivity index (χ3v) is 5.21. The zero-order chi connectivity index (χ0) is 17.8. The lowest BCUT2D eigenvalue weighted by Gasteiger charge is -2.35. The average molecular weight is 426 g/mol. The van der Waals surface area contributed by atoms with Gasteiger partial charge in [-0.2, -0.15) is 0 Å². The van der Waals surface area contributed by atoms with Crippen LogP contribution in [0.4, 0.5) is 16.2 Å². The normalized spacial score (nSPS) is 17.2. The van der Waals surface area contributed by atoms with Gasteiger partial charge in [-0.15, -0.1) is 11.3 Å². The van der Waals surface area contributed by atoms with Gasteiger partial charge in [-0.3, -0.25) is 9.78 Å². The largest absolute Gasteiger partial charge is 0.465 e. The molecule has 0 saturated carbocycles. The monoisotopic (exact) mass is 425 g/mol. The molecule has 1 aliphatic heterocycles. The summed E-state index contributed by atoms with van der Waals surface area (Å²) in [6, 6.07) is 1.67. The van der Waals surface area contributed by atoms with Crippen molar-refractivity contribution in [2.24, 2.45) is 0 Å². The Morgan fingerprint density at radius 2 is 2.28 bits per heavy atom. The first kappa shape index (κ1) is 17.6. The highest BCUT2D eigenvalue weighted by Gasteiger charge is 2.23. The molecule has 0 radical (unpaired) electrons. The molecule has 2 amide bonds. The van der Waals surface area contributed by atoms with Gasteiger partial charge in [0.1, 0.15) is 5.69 Å². The summed E-state index contributed by atoms with van der Waals surface area (Å²) in [6.07, 6.45) is 3.87. The Balaban J connectivity index is 1.76. The van der Waals surface area contributed by atoms with Gasteiger partial charge < -0.3 is 20.6 Å². The zero-order valence-electron chi connectivity index (χ0n) is 13.1. The lowest BCUT2D eigenvalue weighted by Crippen LogP contribution is -2.47. The third kappa shape index (κ3) is 4.45. The van der Waals surface area contributed by atoms with Crippen molar-refractivity contribution in [1.82, 2.24) is 15.3 Å². The average Bonchev–Trinajstić information content (AvgIpc) is 3.02. The Bertz CT molecular complexity index is 784. The molecule has 3 heterocycles. The Morgan fingerprint density at radius 3 is 3.00 bits per heavy atom. The molecule has 10 heteroatoms. The van der Waals surface area contributed by atoms with Gasteiger partial charge in [0, 0.05) is 30.7 Å². The van der Waals surface area contributed by atoms with Crippen LogP contribution in [0.3, 0.4) is 0 Å². The van der Waals surface area contributed by atoms with E-state index in [1.165, 1.54) is 11.3 Å². The number of nitrogens with zero attached hydrogens (tertiary/aromatic N) is 3. The van der Waals surface area contributed by atoms with Crippen molar-refractivity contribution >= 4 is 50.6 Å². The highest BCUT2D eigenvalue weighted by atomic mass is 79.9. The van der Waals surface area contributed by atoms with E-state index < -0.39 is 6.09 Å². The molecule has 0 aliphatic carbocycles. The standard InChI is InChI=1S/C15H16BrN5O3S/c16-14-20-11(8-25-14)13(22)19-10-6-17-4-3-12(10)21-5-1-2-9(7-21)18-15(23)24/h3-4,6,8-9,18H,1-2,5,7H2,(H,19,22)(H,23,24)/t9-/m0/s1. The van der Waals surface area contributed by atoms with E-state index in [2.05, 4.69) is 41.4 Å². The first-order chi connectivity index (χ1) is 12.0. The third-order valence-electron chi connectivity index (χ3n) is 3.84. The minimum atomic E-state index is -1.02. The van der Waals surface area contributed by atoms with Crippen molar-refractivity contribution in [2.45, 2.75) is 18.9 Å². The molecule has 0 aromatic carbocycles. The highest BCUT2D eigenvalue weighted by molar-refractivity contribution is 9.11. The minimum Gasteiger partial charge on any atom is -0.465 e. The van der Waals surface area contributed by atoms with E-state index in [1.54, 1.807) is 17.8 Å². The lowest BCUT2D eigenvalue weighted by atomic mass is 10.0. The second-order valence-corrected chi connectivity index (χ2v) is 7.70. The Kier molecular flexibility index (Phi) is 5.49. The Morgan fingerprint density at radius 1 is 1.44 bits per heavy atom. The van der Waals surface area contributed by atoms with Crippen LogP contribution in [0.1, 0.15) is 23.3 Å². The number of amides is 2. The van der Waals surface area contributed by atoms with Crippen molar-refractivity contribution in [2.75, 3.05) is 23.3 Å². The molecular formula is C15H16BrN5O3S. The van der Waals surface area contributed by atoms with Gasteiger partial charge >= 0.3 is 6.09 Å². The molecule has 2 aromatic heterocycles. The number of aromatic nitrogens is 2. The first-order valence-corrected chi connectivity index (χ1v) is 9.31. The number of rotatable bonds is 4. The molecule has 25 heavy (non-hydrogen) atoms. The number of hydrogen-bond acceptors (Lipinski definition) is 6. The summed E-state index contributed by atoms with van der Waals surface area (Å²) in [5, 5.41) is 16.0. The number of anilines is 2. The van der Waals surface area contributed by atoms with Crippen molar-refractivity contribution in [1.29, 1.82) is 0 Å². The maximum absolute atomic E-state index is 12.3. The number of nitrogens with one attached hydrogen (secondary N) is 2. The maximum atomic E-state index is 12.3. The topological polar surface area (TPSA) is 107 Å². The molecule has 0 spiro atoms. The number of carboxylic acid groups (broad SMARTS) is 1. The van der Waals surface area contributed by atoms with Crippen LogP contribution in [0.25, 0.3) is 0 Å². The van der Waals surface area contributed by atoms with Crippen molar-refractivity contribution in [3.05, 3.63) is 33.5 Å². The van der Waals surface area contributed by atoms with E-state index >= 15 is 0 Å². The summed E-state index contributed by atoms with van der Waals surface area (Å²) in [5.74, 6) is -0.312. The van der Waals surface area contributed by atoms with E-state index in [-0.39, 0.29) is 11.9 Å². The summed E-state index contributed by atoms with van der Waals surface area (Å²) in [4.78, 5) is 33.5. The van der Waals surface area contributed by atoms with Crippen molar-refractivity contribution in [3.63, 3.8) is 0 Å². The molecule has 0 unspecified atom stereocenters. The summed E-state index contributed by atoms with van der Waals surface area (Å²) in [7, 11) is 0. The lowest BCUT2D eigenvalue weighted by molar-refractivity contribution is 0.102. The molecule has 3 N–H and O–H groups in total. The van der Waals surface area contributed by atoms with Crippen LogP contribution < -0.4 is 15.5 Å². The fourth-order valence-corrected chi connectivity index (χ4v) is 3.78. The van der Waals surface area contributed by atoms with Gasteiger partial charge in [-0.1, -0.05) is 0 Å². The molecule has 1 aliphatic rings. The molecule has 3 rings (SSSR count). The predicted octanol–water partition coefficient (Wildman–Crippen LogP) is 2.79. The van der Waals surface area contributed by atoms with Crippen LogP contribution in [-0.2, 0) is 0 Å². The van der Waals surface area contributed by atoms with Crippen LogP contribution in [0.2, 0.25) is 0 Å². The van der Waals surface area contributed by atoms with E-state index in [4.69, 9.17) is 5.11 Å². The number of piperidine rings is 1. The molecule has 1 atom stereocenters. The van der Waals surface area contributed by atoms with Crippen LogP contribution >= 0.6 is 27.3 Å². The first-order valence-electron chi connectivity index (χ1n) is 7.63. The molecule has 1 saturated heterocycles. The summed E-state index contributed by atoms with van der Waals surface area (Å²) >= 11 is 4.58. The van der Waals surface area contributed by atoms with Crippen LogP contribution in [0.15, 0.2) is 27.8 Å². The summed E-state index contributed by atoms with van der Waals surface area (Å²) in [6.45, 7) is 1.33. The fourth-order valence-electron chi connectivity index (χ4n) is 2.79. The van der Waals surface area contributed by atoms with Gasteiger partial charge in [0.05, 0.1) is 17.6 Å². The molecule has 8 nitrogen and oxygen atoms in total. The molecule has 132 valence electrons. The highest BCUT2D eigenvalue weighted by Crippen LogP contribution is 2.28. The van der Waals surface area contributed by atoms with Crippen LogP contribution in [0, 0.1) is 0 Å². The maximum Gasteiger partial charge on any atom is 0.404 e.